The second-order valence-electron chi connectivity index (χ2n) is 5.54. The molecule has 1 amide bonds. The molecule has 0 aliphatic rings. The van der Waals surface area contributed by atoms with E-state index in [4.69, 9.17) is 4.74 Å². The normalized spacial score (nSPS) is 10.3. The van der Waals surface area contributed by atoms with Crippen LogP contribution in [0.1, 0.15) is 22.3 Å². The van der Waals surface area contributed by atoms with Gasteiger partial charge in [0.05, 0.1) is 13.5 Å². The Balaban J connectivity index is 1.78. The number of carbonyl (C=O) groups is 1. The molecule has 0 unspecified atom stereocenters. The molecule has 0 bridgehead atoms. The van der Waals surface area contributed by atoms with Crippen LogP contribution in [0.4, 0.5) is 0 Å². The van der Waals surface area contributed by atoms with Gasteiger partial charge in [0.2, 0.25) is 5.91 Å². The van der Waals surface area contributed by atoms with Crippen LogP contribution in [-0.4, -0.2) is 19.6 Å². The van der Waals surface area contributed by atoms with Gasteiger partial charge in [0, 0.05) is 6.54 Å². The number of carbonyl (C=O) groups excluding carboxylic acids is 1. The first-order chi connectivity index (χ1) is 10.6. The summed E-state index contributed by atoms with van der Waals surface area (Å²) in [5, 5.41) is 2.97. The fraction of sp³-hybridized carbons (Fsp3) is 0.316. The molecule has 0 heterocycles. The van der Waals surface area contributed by atoms with Crippen molar-refractivity contribution < 1.29 is 9.53 Å². The lowest BCUT2D eigenvalue weighted by Gasteiger charge is -2.08. The fourth-order valence-electron chi connectivity index (χ4n) is 2.30. The SMILES string of the molecule is COc1ccc(CCNC(=O)Cc2ccc(C)c(C)c2)cc1. The summed E-state index contributed by atoms with van der Waals surface area (Å²) < 4.78 is 5.13. The standard InChI is InChI=1S/C19H23NO2/c1-14-4-5-17(12-15(14)2)13-19(21)20-11-10-16-6-8-18(22-3)9-7-16/h4-9,12H,10-11,13H2,1-3H3,(H,20,21). The highest BCUT2D eigenvalue weighted by molar-refractivity contribution is 5.78. The molecule has 2 aromatic carbocycles. The zero-order valence-corrected chi connectivity index (χ0v) is 13.5. The van der Waals surface area contributed by atoms with Crippen molar-refractivity contribution in [2.75, 3.05) is 13.7 Å². The van der Waals surface area contributed by atoms with Gasteiger partial charge >= 0.3 is 0 Å². The van der Waals surface area contributed by atoms with E-state index in [0.717, 1.165) is 17.7 Å². The number of ether oxygens (including phenoxy) is 1. The summed E-state index contributed by atoms with van der Waals surface area (Å²) in [6.07, 6.45) is 1.26. The van der Waals surface area contributed by atoms with Gasteiger partial charge in [-0.3, -0.25) is 4.79 Å². The van der Waals surface area contributed by atoms with Gasteiger partial charge in [-0.05, 0) is 54.7 Å². The molecule has 1 N–H and O–H groups in total. The smallest absolute Gasteiger partial charge is 0.224 e. The van der Waals surface area contributed by atoms with Crippen LogP contribution in [-0.2, 0) is 17.6 Å². The van der Waals surface area contributed by atoms with E-state index in [1.807, 2.05) is 30.3 Å². The minimum absolute atomic E-state index is 0.0664. The first kappa shape index (κ1) is 16.1. The average molecular weight is 297 g/mol. The van der Waals surface area contributed by atoms with E-state index in [0.29, 0.717) is 13.0 Å². The summed E-state index contributed by atoms with van der Waals surface area (Å²) in [6, 6.07) is 14.1. The molecule has 0 saturated heterocycles. The largest absolute Gasteiger partial charge is 0.497 e. The van der Waals surface area contributed by atoms with Crippen LogP contribution in [0.25, 0.3) is 0 Å². The van der Waals surface area contributed by atoms with Crippen LogP contribution in [0.3, 0.4) is 0 Å². The third kappa shape index (κ3) is 4.62. The third-order valence-electron chi connectivity index (χ3n) is 3.83. The Kier molecular flexibility index (Phi) is 5.59. The number of aryl methyl sites for hydroxylation is 2. The molecule has 22 heavy (non-hydrogen) atoms. The predicted molar refractivity (Wildman–Crippen MR) is 89.3 cm³/mol. The summed E-state index contributed by atoms with van der Waals surface area (Å²) in [5.74, 6) is 0.916. The molecule has 0 fully saturated rings. The fourth-order valence-corrected chi connectivity index (χ4v) is 2.30. The van der Waals surface area contributed by atoms with Crippen molar-refractivity contribution >= 4 is 5.91 Å². The molecule has 116 valence electrons. The second-order valence-corrected chi connectivity index (χ2v) is 5.54. The number of nitrogens with one attached hydrogen (secondary N) is 1. The average Bonchev–Trinajstić information content (AvgIpc) is 2.51. The third-order valence-corrected chi connectivity index (χ3v) is 3.83. The van der Waals surface area contributed by atoms with Crippen LogP contribution in [0.2, 0.25) is 0 Å². The first-order valence-electron chi connectivity index (χ1n) is 7.54. The van der Waals surface area contributed by atoms with Crippen molar-refractivity contribution in [2.24, 2.45) is 0 Å². The Labute approximate surface area is 132 Å². The Bertz CT molecular complexity index is 632. The summed E-state index contributed by atoms with van der Waals surface area (Å²) in [4.78, 5) is 12.0. The number of hydrogen-bond donors (Lipinski definition) is 1. The number of benzene rings is 2. The van der Waals surface area contributed by atoms with Gasteiger partial charge in [0.25, 0.3) is 0 Å². The monoisotopic (exact) mass is 297 g/mol. The van der Waals surface area contributed by atoms with Gasteiger partial charge in [0.15, 0.2) is 0 Å². The summed E-state index contributed by atoms with van der Waals surface area (Å²) >= 11 is 0. The van der Waals surface area contributed by atoms with Crippen molar-refractivity contribution in [1.82, 2.24) is 5.32 Å². The second kappa shape index (κ2) is 7.64. The van der Waals surface area contributed by atoms with E-state index < -0.39 is 0 Å². The van der Waals surface area contributed by atoms with Gasteiger partial charge < -0.3 is 10.1 Å². The van der Waals surface area contributed by atoms with E-state index in [-0.39, 0.29) is 5.91 Å². The van der Waals surface area contributed by atoms with E-state index in [1.54, 1.807) is 7.11 Å². The molecule has 2 aromatic rings. The van der Waals surface area contributed by atoms with Crippen molar-refractivity contribution in [3.63, 3.8) is 0 Å². The van der Waals surface area contributed by atoms with Crippen LogP contribution in [0, 0.1) is 13.8 Å². The summed E-state index contributed by atoms with van der Waals surface area (Å²) in [7, 11) is 1.65. The highest BCUT2D eigenvalue weighted by Gasteiger charge is 2.04. The molecule has 3 nitrogen and oxygen atoms in total. The highest BCUT2D eigenvalue weighted by atomic mass is 16.5. The number of methoxy groups -OCH3 is 1. The molecule has 0 atom stereocenters. The lowest BCUT2D eigenvalue weighted by Crippen LogP contribution is -2.27. The molecule has 0 aromatic heterocycles. The van der Waals surface area contributed by atoms with E-state index in [2.05, 4.69) is 31.3 Å². The molecule has 0 saturated carbocycles. The van der Waals surface area contributed by atoms with Gasteiger partial charge in [-0.2, -0.15) is 0 Å². The first-order valence-corrected chi connectivity index (χ1v) is 7.54. The quantitative estimate of drug-likeness (QED) is 0.889. The molecule has 3 heteroatoms. The lowest BCUT2D eigenvalue weighted by atomic mass is 10.0. The molecule has 0 aliphatic carbocycles. The zero-order chi connectivity index (χ0) is 15.9. The number of rotatable bonds is 6. The minimum Gasteiger partial charge on any atom is -0.497 e. The Morgan fingerprint density at radius 3 is 2.32 bits per heavy atom. The number of hydrogen-bond acceptors (Lipinski definition) is 2. The van der Waals surface area contributed by atoms with Gasteiger partial charge in [-0.1, -0.05) is 30.3 Å². The van der Waals surface area contributed by atoms with Crippen LogP contribution in [0.5, 0.6) is 5.75 Å². The van der Waals surface area contributed by atoms with Crippen molar-refractivity contribution in [2.45, 2.75) is 26.7 Å². The maximum absolute atomic E-state index is 12.0. The van der Waals surface area contributed by atoms with Crippen molar-refractivity contribution in [1.29, 1.82) is 0 Å². The predicted octanol–water partition coefficient (Wildman–Crippen LogP) is 3.21. The summed E-state index contributed by atoms with van der Waals surface area (Å²) in [6.45, 7) is 4.80. The van der Waals surface area contributed by atoms with Crippen molar-refractivity contribution in [3.8, 4) is 5.75 Å². The maximum Gasteiger partial charge on any atom is 0.224 e. The Morgan fingerprint density at radius 2 is 1.68 bits per heavy atom. The van der Waals surface area contributed by atoms with Crippen LogP contribution in [0.15, 0.2) is 42.5 Å². The van der Waals surface area contributed by atoms with Gasteiger partial charge in [-0.25, -0.2) is 0 Å². The Morgan fingerprint density at radius 1 is 1.00 bits per heavy atom. The topological polar surface area (TPSA) is 38.3 Å². The Hall–Kier alpha value is -2.29. The molecular formula is C19H23NO2. The minimum atomic E-state index is 0.0664. The van der Waals surface area contributed by atoms with Crippen LogP contribution >= 0.6 is 0 Å². The van der Waals surface area contributed by atoms with E-state index in [9.17, 15) is 4.79 Å². The zero-order valence-electron chi connectivity index (χ0n) is 13.5. The molecule has 2 rings (SSSR count). The van der Waals surface area contributed by atoms with Gasteiger partial charge in [-0.15, -0.1) is 0 Å². The molecule has 0 radical (unpaired) electrons. The van der Waals surface area contributed by atoms with E-state index >= 15 is 0 Å². The molecular weight excluding hydrogens is 274 g/mol. The molecule has 0 spiro atoms. The summed E-state index contributed by atoms with van der Waals surface area (Å²) in [5.41, 5.74) is 4.73. The number of amides is 1. The van der Waals surface area contributed by atoms with Crippen molar-refractivity contribution in [3.05, 3.63) is 64.7 Å². The highest BCUT2D eigenvalue weighted by Crippen LogP contribution is 2.12. The van der Waals surface area contributed by atoms with Gasteiger partial charge in [0.1, 0.15) is 5.75 Å². The van der Waals surface area contributed by atoms with E-state index in [1.165, 1.54) is 16.7 Å². The van der Waals surface area contributed by atoms with Crippen LogP contribution < -0.4 is 10.1 Å². The lowest BCUT2D eigenvalue weighted by molar-refractivity contribution is -0.120. The molecule has 0 aliphatic heterocycles. The maximum atomic E-state index is 12.0.